The van der Waals surface area contributed by atoms with Crippen LogP contribution >= 0.6 is 11.6 Å². The van der Waals surface area contributed by atoms with E-state index in [4.69, 9.17) is 16.7 Å². The number of aliphatic hydroxyl groups excluding tert-OH is 1. The van der Waals surface area contributed by atoms with Crippen molar-refractivity contribution < 1.29 is 9.50 Å². The quantitative estimate of drug-likeness (QED) is 0.759. The Labute approximate surface area is 81.5 Å². The number of hydrogen-bond donors (Lipinski definition) is 1. The summed E-state index contributed by atoms with van der Waals surface area (Å²) >= 11 is 5.70. The third-order valence-electron chi connectivity index (χ3n) is 1.69. The van der Waals surface area contributed by atoms with E-state index in [1.807, 2.05) is 0 Å². The van der Waals surface area contributed by atoms with E-state index in [1.54, 1.807) is 18.0 Å². The van der Waals surface area contributed by atoms with Crippen molar-refractivity contribution in [3.8, 4) is 0 Å². The lowest BCUT2D eigenvalue weighted by Gasteiger charge is -2.13. The monoisotopic (exact) mass is 203 g/mol. The zero-order valence-electron chi connectivity index (χ0n) is 7.30. The van der Waals surface area contributed by atoms with E-state index in [-0.39, 0.29) is 12.5 Å². The summed E-state index contributed by atoms with van der Waals surface area (Å²) in [6, 6.07) is 4.38. The number of benzene rings is 1. The topological polar surface area (TPSA) is 23.5 Å². The van der Waals surface area contributed by atoms with Gasteiger partial charge in [-0.05, 0) is 25.2 Å². The van der Waals surface area contributed by atoms with Crippen molar-refractivity contribution in [1.82, 2.24) is 4.90 Å². The molecule has 0 heterocycles. The van der Waals surface area contributed by atoms with Crippen molar-refractivity contribution in [2.45, 2.75) is 6.54 Å². The largest absolute Gasteiger partial charge is 0.381 e. The van der Waals surface area contributed by atoms with E-state index in [2.05, 4.69) is 0 Å². The highest BCUT2D eigenvalue weighted by Crippen LogP contribution is 2.15. The molecule has 0 aliphatic rings. The molecule has 1 N–H and O–H groups in total. The molecule has 72 valence electrons. The number of hydrogen-bond acceptors (Lipinski definition) is 2. The summed E-state index contributed by atoms with van der Waals surface area (Å²) in [6.07, 6.45) is 0. The first kappa shape index (κ1) is 10.4. The smallest absolute Gasteiger partial charge is 0.127 e. The van der Waals surface area contributed by atoms with E-state index in [0.29, 0.717) is 17.1 Å². The fraction of sp³-hybridized carbons (Fsp3) is 0.333. The Balaban J connectivity index is 2.81. The van der Waals surface area contributed by atoms with Crippen LogP contribution in [-0.2, 0) is 6.54 Å². The minimum atomic E-state index is -0.301. The summed E-state index contributed by atoms with van der Waals surface area (Å²) in [5.74, 6) is -0.301. The zero-order valence-corrected chi connectivity index (χ0v) is 8.05. The van der Waals surface area contributed by atoms with Gasteiger partial charge in [-0.1, -0.05) is 11.6 Å². The molecule has 0 unspecified atom stereocenters. The summed E-state index contributed by atoms with van der Waals surface area (Å²) in [5.41, 5.74) is 0.490. The van der Waals surface area contributed by atoms with Gasteiger partial charge in [-0.2, -0.15) is 0 Å². The molecule has 0 aliphatic carbocycles. The van der Waals surface area contributed by atoms with Gasteiger partial charge in [0.25, 0.3) is 0 Å². The van der Waals surface area contributed by atoms with Crippen LogP contribution in [0, 0.1) is 5.82 Å². The molecule has 2 nitrogen and oxygen atoms in total. The lowest BCUT2D eigenvalue weighted by atomic mass is 10.2. The standard InChI is InChI=1S/C9H11ClFNO/c1-12(6-13)5-7-4-8(10)2-3-9(7)11/h2-4,13H,5-6H2,1H3. The minimum absolute atomic E-state index is 0.105. The number of halogens is 2. The van der Waals surface area contributed by atoms with Gasteiger partial charge in [0.1, 0.15) is 5.82 Å². The highest BCUT2D eigenvalue weighted by atomic mass is 35.5. The molecule has 0 aromatic heterocycles. The van der Waals surface area contributed by atoms with Crippen molar-refractivity contribution in [1.29, 1.82) is 0 Å². The number of nitrogens with zero attached hydrogens (tertiary/aromatic N) is 1. The summed E-state index contributed by atoms with van der Waals surface area (Å²) in [7, 11) is 1.69. The molecule has 0 saturated carbocycles. The van der Waals surface area contributed by atoms with Gasteiger partial charge in [-0.25, -0.2) is 4.39 Å². The molecule has 1 aromatic rings. The summed E-state index contributed by atoms with van der Waals surface area (Å²) in [5, 5.41) is 9.23. The first-order valence-electron chi connectivity index (χ1n) is 3.87. The lowest BCUT2D eigenvalue weighted by molar-refractivity contribution is 0.126. The van der Waals surface area contributed by atoms with Crippen molar-refractivity contribution in [3.63, 3.8) is 0 Å². The average molecular weight is 204 g/mol. The molecule has 0 spiro atoms. The molecule has 0 amide bonds. The van der Waals surface area contributed by atoms with Crippen molar-refractivity contribution in [2.24, 2.45) is 0 Å². The second kappa shape index (κ2) is 4.56. The van der Waals surface area contributed by atoms with E-state index in [1.165, 1.54) is 12.1 Å². The maximum atomic E-state index is 13.1. The van der Waals surface area contributed by atoms with Gasteiger partial charge in [0.15, 0.2) is 0 Å². The van der Waals surface area contributed by atoms with Crippen molar-refractivity contribution in [2.75, 3.05) is 13.8 Å². The fourth-order valence-corrected chi connectivity index (χ4v) is 1.20. The summed E-state index contributed by atoms with van der Waals surface area (Å²) < 4.78 is 13.1. The van der Waals surface area contributed by atoms with Gasteiger partial charge >= 0.3 is 0 Å². The summed E-state index contributed by atoms with van der Waals surface area (Å²) in [6.45, 7) is 0.245. The second-order valence-electron chi connectivity index (χ2n) is 2.89. The molecule has 0 aliphatic heterocycles. The first-order chi connectivity index (χ1) is 6.13. The SMILES string of the molecule is CN(CO)Cc1cc(Cl)ccc1F. The Morgan fingerprint density at radius 2 is 2.23 bits per heavy atom. The molecule has 0 radical (unpaired) electrons. The van der Waals surface area contributed by atoms with Crippen LogP contribution in [0.25, 0.3) is 0 Å². The van der Waals surface area contributed by atoms with Gasteiger partial charge < -0.3 is 5.11 Å². The van der Waals surface area contributed by atoms with Crippen LogP contribution in [0.15, 0.2) is 18.2 Å². The van der Waals surface area contributed by atoms with Crippen molar-refractivity contribution in [3.05, 3.63) is 34.6 Å². The summed E-state index contributed by atoms with van der Waals surface area (Å²) in [4.78, 5) is 1.58. The molecule has 0 fully saturated rings. The van der Waals surface area contributed by atoms with Gasteiger partial charge in [-0.3, -0.25) is 4.90 Å². The predicted molar refractivity (Wildman–Crippen MR) is 50.0 cm³/mol. The molecule has 1 rings (SSSR count). The average Bonchev–Trinajstić information content (AvgIpc) is 2.11. The molecule has 4 heteroatoms. The number of rotatable bonds is 3. The van der Waals surface area contributed by atoms with Gasteiger partial charge in [0.2, 0.25) is 0 Å². The minimum Gasteiger partial charge on any atom is -0.381 e. The second-order valence-corrected chi connectivity index (χ2v) is 3.33. The molecule has 13 heavy (non-hydrogen) atoms. The van der Waals surface area contributed by atoms with E-state index < -0.39 is 0 Å². The Hall–Kier alpha value is -0.640. The molecule has 1 aromatic carbocycles. The number of aliphatic hydroxyl groups is 1. The normalized spacial score (nSPS) is 10.8. The lowest BCUT2D eigenvalue weighted by Crippen LogP contribution is -2.19. The third kappa shape index (κ3) is 2.95. The van der Waals surface area contributed by atoms with Crippen LogP contribution in [0.1, 0.15) is 5.56 Å². The molecular formula is C9H11ClFNO. The predicted octanol–water partition coefficient (Wildman–Crippen LogP) is 1.86. The highest BCUT2D eigenvalue weighted by Gasteiger charge is 2.05. The Kier molecular flexibility index (Phi) is 3.66. The maximum absolute atomic E-state index is 13.1. The van der Waals surface area contributed by atoms with Crippen LogP contribution in [0.4, 0.5) is 4.39 Å². The molecule has 0 atom stereocenters. The molecular weight excluding hydrogens is 193 g/mol. The zero-order chi connectivity index (χ0) is 9.84. The van der Waals surface area contributed by atoms with Crippen LogP contribution in [0.5, 0.6) is 0 Å². The first-order valence-corrected chi connectivity index (χ1v) is 4.24. The van der Waals surface area contributed by atoms with Gasteiger partial charge in [0.05, 0.1) is 6.73 Å². The Morgan fingerprint density at radius 3 is 2.85 bits per heavy atom. The van der Waals surface area contributed by atoms with Crippen molar-refractivity contribution >= 4 is 11.6 Å². The van der Waals surface area contributed by atoms with Crippen LogP contribution in [0.2, 0.25) is 5.02 Å². The highest BCUT2D eigenvalue weighted by molar-refractivity contribution is 6.30. The van der Waals surface area contributed by atoms with Crippen LogP contribution in [0.3, 0.4) is 0 Å². The molecule has 0 bridgehead atoms. The van der Waals surface area contributed by atoms with Crippen LogP contribution < -0.4 is 0 Å². The fourth-order valence-electron chi connectivity index (χ4n) is 1.01. The molecule has 0 saturated heterocycles. The van der Waals surface area contributed by atoms with E-state index >= 15 is 0 Å². The van der Waals surface area contributed by atoms with E-state index in [0.717, 1.165) is 0 Å². The van der Waals surface area contributed by atoms with Crippen LogP contribution in [-0.4, -0.2) is 23.8 Å². The maximum Gasteiger partial charge on any atom is 0.127 e. The third-order valence-corrected chi connectivity index (χ3v) is 1.92. The van der Waals surface area contributed by atoms with Gasteiger partial charge in [0, 0.05) is 17.1 Å². The Bertz CT molecular complexity index is 293. The van der Waals surface area contributed by atoms with Gasteiger partial charge in [-0.15, -0.1) is 0 Å². The van der Waals surface area contributed by atoms with E-state index in [9.17, 15) is 4.39 Å². The Morgan fingerprint density at radius 1 is 1.54 bits per heavy atom.